The molecule has 0 radical (unpaired) electrons. The lowest BCUT2D eigenvalue weighted by Crippen LogP contribution is -2.40. The SMILES string of the molecule is O=C1C2C3CC=CC(C32)N1S(=O)(=O)Cl. The summed E-state index contributed by atoms with van der Waals surface area (Å²) in [5, 5.41) is 0. The maximum absolute atomic E-state index is 11.6. The van der Waals surface area contributed by atoms with Crippen LogP contribution in [-0.4, -0.2) is 24.7 Å². The highest BCUT2D eigenvalue weighted by Gasteiger charge is 2.68. The summed E-state index contributed by atoms with van der Waals surface area (Å²) in [5.74, 6) is 0.154. The molecule has 0 bridgehead atoms. The number of fused-ring (bicyclic) bond motifs is 1. The summed E-state index contributed by atoms with van der Waals surface area (Å²) in [6, 6.07) is -0.311. The number of hydrogen-bond donors (Lipinski definition) is 0. The first-order valence-electron chi connectivity index (χ1n) is 4.46. The van der Waals surface area contributed by atoms with Crippen molar-refractivity contribution >= 4 is 25.8 Å². The van der Waals surface area contributed by atoms with Gasteiger partial charge in [-0.25, -0.2) is 4.31 Å². The van der Waals surface area contributed by atoms with E-state index >= 15 is 0 Å². The van der Waals surface area contributed by atoms with E-state index in [1.165, 1.54) is 0 Å². The average Bonchev–Trinajstić information content (AvgIpc) is 2.66. The largest absolute Gasteiger partial charge is 0.324 e. The van der Waals surface area contributed by atoms with Gasteiger partial charge in [-0.15, -0.1) is 0 Å². The van der Waals surface area contributed by atoms with E-state index in [2.05, 4.69) is 0 Å². The Morgan fingerprint density at radius 1 is 1.50 bits per heavy atom. The number of nitrogens with zero attached hydrogens (tertiary/aromatic N) is 1. The van der Waals surface area contributed by atoms with Gasteiger partial charge in [0.25, 0.3) is 0 Å². The zero-order valence-electron chi connectivity index (χ0n) is 7.13. The summed E-state index contributed by atoms with van der Waals surface area (Å²) in [7, 11) is 1.31. The van der Waals surface area contributed by atoms with Gasteiger partial charge in [0, 0.05) is 16.6 Å². The third kappa shape index (κ3) is 0.892. The molecule has 1 saturated carbocycles. The van der Waals surface area contributed by atoms with Crippen molar-refractivity contribution < 1.29 is 13.2 Å². The second-order valence-corrected chi connectivity index (χ2v) is 6.39. The van der Waals surface area contributed by atoms with Crippen molar-refractivity contribution in [1.29, 1.82) is 0 Å². The topological polar surface area (TPSA) is 54.5 Å². The molecule has 0 aromatic heterocycles. The fraction of sp³-hybridized carbons (Fsp3) is 0.625. The van der Waals surface area contributed by atoms with Crippen LogP contribution < -0.4 is 0 Å². The van der Waals surface area contributed by atoms with Crippen LogP contribution >= 0.6 is 10.7 Å². The van der Waals surface area contributed by atoms with Crippen LogP contribution in [0.15, 0.2) is 12.2 Å². The van der Waals surface area contributed by atoms with Gasteiger partial charge in [-0.1, -0.05) is 12.2 Å². The Morgan fingerprint density at radius 3 is 2.86 bits per heavy atom. The number of halogens is 1. The molecule has 3 rings (SSSR count). The van der Waals surface area contributed by atoms with Gasteiger partial charge >= 0.3 is 9.24 Å². The van der Waals surface area contributed by atoms with Gasteiger partial charge in [-0.2, -0.15) is 8.42 Å². The molecule has 4 atom stereocenters. The fourth-order valence-electron chi connectivity index (χ4n) is 2.80. The van der Waals surface area contributed by atoms with E-state index in [0.717, 1.165) is 10.7 Å². The van der Waals surface area contributed by atoms with E-state index in [1.807, 2.05) is 6.08 Å². The predicted octanol–water partition coefficient (Wildman–Crippen LogP) is 0.503. The van der Waals surface area contributed by atoms with Crippen LogP contribution in [0, 0.1) is 17.8 Å². The molecule has 1 amide bonds. The lowest BCUT2D eigenvalue weighted by Gasteiger charge is -2.25. The smallest absolute Gasteiger partial charge is 0.273 e. The molecule has 4 unspecified atom stereocenters. The van der Waals surface area contributed by atoms with Gasteiger partial charge in [0.05, 0.1) is 6.04 Å². The molecule has 6 heteroatoms. The number of hydrogen-bond acceptors (Lipinski definition) is 3. The molecule has 1 aliphatic heterocycles. The molecule has 1 saturated heterocycles. The van der Waals surface area contributed by atoms with E-state index in [4.69, 9.17) is 10.7 Å². The Hall–Kier alpha value is -0.550. The molecule has 14 heavy (non-hydrogen) atoms. The van der Waals surface area contributed by atoms with Gasteiger partial charge in [0.1, 0.15) is 0 Å². The van der Waals surface area contributed by atoms with E-state index in [9.17, 15) is 13.2 Å². The normalized spacial score (nSPS) is 44.1. The maximum Gasteiger partial charge on any atom is 0.324 e. The maximum atomic E-state index is 11.6. The molecule has 3 aliphatic rings. The van der Waals surface area contributed by atoms with Crippen LogP contribution in [0.2, 0.25) is 0 Å². The van der Waals surface area contributed by atoms with E-state index in [1.54, 1.807) is 6.08 Å². The van der Waals surface area contributed by atoms with Gasteiger partial charge in [0.2, 0.25) is 5.91 Å². The molecule has 4 nitrogen and oxygen atoms in total. The van der Waals surface area contributed by atoms with Crippen LogP contribution in [0.25, 0.3) is 0 Å². The number of rotatable bonds is 1. The molecule has 76 valence electrons. The minimum absolute atomic E-state index is 0.0940. The van der Waals surface area contributed by atoms with Crippen LogP contribution in [0.4, 0.5) is 0 Å². The Labute approximate surface area is 86.1 Å². The van der Waals surface area contributed by atoms with Crippen molar-refractivity contribution in [2.75, 3.05) is 0 Å². The number of amides is 1. The minimum atomic E-state index is -3.90. The zero-order chi connectivity index (χ0) is 10.1. The number of allylic oxidation sites excluding steroid dienone is 1. The third-order valence-corrected chi connectivity index (χ3v) is 4.71. The quantitative estimate of drug-likeness (QED) is 0.490. The Balaban J connectivity index is 2.06. The number of piperidine rings is 1. The molecule has 2 fully saturated rings. The van der Waals surface area contributed by atoms with Crippen LogP contribution in [0.5, 0.6) is 0 Å². The van der Waals surface area contributed by atoms with Crippen LogP contribution in [0.1, 0.15) is 6.42 Å². The summed E-state index contributed by atoms with van der Waals surface area (Å²) >= 11 is 0. The van der Waals surface area contributed by atoms with E-state index in [-0.39, 0.29) is 23.8 Å². The number of carbonyl (C=O) groups is 1. The Bertz CT molecular complexity index is 444. The average molecular weight is 234 g/mol. The van der Waals surface area contributed by atoms with Gasteiger partial charge in [-0.3, -0.25) is 4.79 Å². The first-order valence-corrected chi connectivity index (χ1v) is 6.73. The van der Waals surface area contributed by atoms with Crippen LogP contribution in [0.3, 0.4) is 0 Å². The summed E-state index contributed by atoms with van der Waals surface area (Å²) in [6.07, 6.45) is 4.62. The van der Waals surface area contributed by atoms with Gasteiger partial charge < -0.3 is 0 Å². The molecule has 1 heterocycles. The zero-order valence-corrected chi connectivity index (χ0v) is 8.70. The molecular formula is C8H8ClNO3S. The Morgan fingerprint density at radius 2 is 2.21 bits per heavy atom. The molecule has 0 aromatic carbocycles. The van der Waals surface area contributed by atoms with Gasteiger partial charge in [-0.05, 0) is 18.3 Å². The van der Waals surface area contributed by atoms with Crippen molar-refractivity contribution in [1.82, 2.24) is 4.31 Å². The van der Waals surface area contributed by atoms with Crippen molar-refractivity contribution in [2.45, 2.75) is 12.5 Å². The monoisotopic (exact) mass is 233 g/mol. The summed E-state index contributed by atoms with van der Waals surface area (Å²) in [4.78, 5) is 11.6. The predicted molar refractivity (Wildman–Crippen MR) is 49.6 cm³/mol. The fourth-order valence-corrected chi connectivity index (χ4v) is 4.12. The van der Waals surface area contributed by atoms with Gasteiger partial charge in [0.15, 0.2) is 0 Å². The molecule has 2 aliphatic carbocycles. The van der Waals surface area contributed by atoms with Crippen molar-refractivity contribution in [3.8, 4) is 0 Å². The molecular weight excluding hydrogens is 226 g/mol. The number of carbonyl (C=O) groups excluding carboxylic acids is 1. The molecule has 0 spiro atoms. The Kier molecular flexibility index (Phi) is 1.46. The minimum Gasteiger partial charge on any atom is -0.273 e. The second kappa shape index (κ2) is 2.33. The lowest BCUT2D eigenvalue weighted by atomic mass is 10.0. The highest BCUT2D eigenvalue weighted by molar-refractivity contribution is 8.12. The van der Waals surface area contributed by atoms with E-state index < -0.39 is 9.24 Å². The lowest BCUT2D eigenvalue weighted by molar-refractivity contribution is -0.126. The standard InChI is InChI=1S/C8H8ClNO3S/c9-14(12,13)10-5-3-1-2-4-6(5)7(4)8(10)11/h1,3-7H,2H2. The molecule has 0 N–H and O–H groups in total. The third-order valence-electron chi connectivity index (χ3n) is 3.37. The summed E-state index contributed by atoms with van der Waals surface area (Å²) < 4.78 is 23.1. The summed E-state index contributed by atoms with van der Waals surface area (Å²) in [6.45, 7) is 0. The highest BCUT2D eigenvalue weighted by Crippen LogP contribution is 2.60. The van der Waals surface area contributed by atoms with Crippen molar-refractivity contribution in [2.24, 2.45) is 17.8 Å². The highest BCUT2D eigenvalue weighted by atomic mass is 35.7. The first kappa shape index (κ1) is 8.73. The summed E-state index contributed by atoms with van der Waals surface area (Å²) in [5.41, 5.74) is 0. The van der Waals surface area contributed by atoms with Crippen LogP contribution in [-0.2, 0) is 14.0 Å². The van der Waals surface area contributed by atoms with E-state index in [0.29, 0.717) is 5.92 Å². The van der Waals surface area contributed by atoms with Crippen molar-refractivity contribution in [3.63, 3.8) is 0 Å². The molecule has 0 aromatic rings. The second-order valence-electron chi connectivity index (χ2n) is 4.00. The van der Waals surface area contributed by atoms with Crippen molar-refractivity contribution in [3.05, 3.63) is 12.2 Å². The first-order chi connectivity index (χ1) is 6.52.